The first-order valence-electron chi connectivity index (χ1n) is 9.52. The normalized spacial score (nSPS) is 29.4. The number of nitrogens with zero attached hydrogens (tertiary/aromatic N) is 2. The first kappa shape index (κ1) is 17.2. The molecule has 0 radical (unpaired) electrons. The van der Waals surface area contributed by atoms with Crippen molar-refractivity contribution in [3.05, 3.63) is 0 Å². The van der Waals surface area contributed by atoms with Crippen molar-refractivity contribution in [3.63, 3.8) is 0 Å². The zero-order valence-electron chi connectivity index (χ0n) is 14.9. The molecule has 1 aliphatic carbocycles. The first-order chi connectivity index (χ1) is 11.2. The second-order valence-corrected chi connectivity index (χ2v) is 7.46. The zero-order chi connectivity index (χ0) is 16.3. The Bertz CT molecular complexity index is 405. The summed E-state index contributed by atoms with van der Waals surface area (Å²) in [6.45, 7) is 12.2. The minimum atomic E-state index is 0.247. The number of ether oxygens (including phenoxy) is 1. The minimum Gasteiger partial charge on any atom is -0.375 e. The molecule has 2 aliphatic heterocycles. The number of rotatable bonds is 7. The van der Waals surface area contributed by atoms with Crippen LogP contribution in [0.2, 0.25) is 0 Å². The molecular formula is C18H33N3O2. The number of likely N-dealkylation sites (tertiary alicyclic amines) is 1. The Morgan fingerprint density at radius 1 is 1.30 bits per heavy atom. The van der Waals surface area contributed by atoms with Crippen LogP contribution in [0.4, 0.5) is 0 Å². The van der Waals surface area contributed by atoms with Gasteiger partial charge in [-0.15, -0.1) is 0 Å². The van der Waals surface area contributed by atoms with Gasteiger partial charge >= 0.3 is 0 Å². The molecule has 0 aromatic carbocycles. The molecule has 2 heterocycles. The van der Waals surface area contributed by atoms with Crippen LogP contribution in [0, 0.1) is 11.3 Å². The highest BCUT2D eigenvalue weighted by Crippen LogP contribution is 2.59. The van der Waals surface area contributed by atoms with Gasteiger partial charge in [-0.3, -0.25) is 4.79 Å². The SMILES string of the molecule is CCN(CC)CCOC1CCN(C(=O)C2CC23CCNCC3)C1. The standard InChI is InChI=1S/C18H33N3O2/c1-3-20(4-2)11-12-23-15-5-10-21(14-15)17(22)16-13-18(16)6-8-19-9-7-18/h15-16,19H,3-14H2,1-2H3. The van der Waals surface area contributed by atoms with Gasteiger partial charge < -0.3 is 19.9 Å². The number of hydrogen-bond donors (Lipinski definition) is 1. The van der Waals surface area contributed by atoms with Crippen molar-refractivity contribution >= 4 is 5.91 Å². The fraction of sp³-hybridized carbons (Fsp3) is 0.944. The number of piperidine rings is 1. The predicted octanol–water partition coefficient (Wildman–Crippen LogP) is 1.34. The highest BCUT2D eigenvalue weighted by Gasteiger charge is 2.58. The van der Waals surface area contributed by atoms with Crippen LogP contribution in [0.25, 0.3) is 0 Å². The third kappa shape index (κ3) is 3.89. The summed E-state index contributed by atoms with van der Waals surface area (Å²) < 4.78 is 6.01. The molecule has 1 amide bonds. The number of amides is 1. The Balaban J connectivity index is 1.39. The van der Waals surface area contributed by atoms with Gasteiger partial charge in [0.25, 0.3) is 0 Å². The van der Waals surface area contributed by atoms with E-state index in [-0.39, 0.29) is 6.10 Å². The van der Waals surface area contributed by atoms with Crippen molar-refractivity contribution in [1.29, 1.82) is 0 Å². The maximum atomic E-state index is 12.7. The smallest absolute Gasteiger partial charge is 0.226 e. The van der Waals surface area contributed by atoms with Gasteiger partial charge in [-0.05, 0) is 57.3 Å². The molecule has 2 atom stereocenters. The van der Waals surface area contributed by atoms with Gasteiger partial charge in [0.15, 0.2) is 0 Å². The summed E-state index contributed by atoms with van der Waals surface area (Å²) in [6.07, 6.45) is 4.74. The molecule has 2 unspecified atom stereocenters. The summed E-state index contributed by atoms with van der Waals surface area (Å²) in [5.74, 6) is 0.709. The van der Waals surface area contributed by atoms with Crippen molar-refractivity contribution < 1.29 is 9.53 Å². The number of carbonyl (C=O) groups is 1. The van der Waals surface area contributed by atoms with Crippen LogP contribution in [0.15, 0.2) is 0 Å². The summed E-state index contributed by atoms with van der Waals surface area (Å²) >= 11 is 0. The van der Waals surface area contributed by atoms with Crippen molar-refractivity contribution in [2.24, 2.45) is 11.3 Å². The molecular weight excluding hydrogens is 290 g/mol. The Hall–Kier alpha value is -0.650. The van der Waals surface area contributed by atoms with Crippen molar-refractivity contribution in [3.8, 4) is 0 Å². The highest BCUT2D eigenvalue weighted by atomic mass is 16.5. The van der Waals surface area contributed by atoms with Gasteiger partial charge in [-0.2, -0.15) is 0 Å². The molecule has 0 bridgehead atoms. The molecule has 0 aromatic heterocycles. The maximum Gasteiger partial charge on any atom is 0.226 e. The van der Waals surface area contributed by atoms with E-state index >= 15 is 0 Å². The van der Waals surface area contributed by atoms with Gasteiger partial charge in [-0.25, -0.2) is 0 Å². The van der Waals surface area contributed by atoms with Gasteiger partial charge in [0.2, 0.25) is 5.91 Å². The number of likely N-dealkylation sites (N-methyl/N-ethyl adjacent to an activating group) is 1. The number of carbonyl (C=O) groups excluding carboxylic acids is 1. The van der Waals surface area contributed by atoms with Crippen molar-refractivity contribution in [2.75, 3.05) is 52.4 Å². The van der Waals surface area contributed by atoms with Crippen LogP contribution in [-0.2, 0) is 9.53 Å². The van der Waals surface area contributed by atoms with E-state index in [9.17, 15) is 4.79 Å². The second-order valence-electron chi connectivity index (χ2n) is 7.46. The van der Waals surface area contributed by atoms with Crippen LogP contribution in [0.5, 0.6) is 0 Å². The molecule has 5 nitrogen and oxygen atoms in total. The third-order valence-corrected chi connectivity index (χ3v) is 6.20. The molecule has 23 heavy (non-hydrogen) atoms. The van der Waals surface area contributed by atoms with Crippen LogP contribution < -0.4 is 5.32 Å². The number of nitrogens with one attached hydrogen (secondary N) is 1. The van der Waals surface area contributed by atoms with Crippen LogP contribution in [0.3, 0.4) is 0 Å². The lowest BCUT2D eigenvalue weighted by Gasteiger charge is -2.25. The van der Waals surface area contributed by atoms with Crippen LogP contribution in [-0.4, -0.2) is 74.2 Å². The molecule has 3 rings (SSSR count). The van der Waals surface area contributed by atoms with Crippen LogP contribution >= 0.6 is 0 Å². The second kappa shape index (κ2) is 7.49. The largest absolute Gasteiger partial charge is 0.375 e. The van der Waals surface area contributed by atoms with E-state index in [4.69, 9.17) is 4.74 Å². The Labute approximate surface area is 140 Å². The first-order valence-corrected chi connectivity index (χ1v) is 9.52. The van der Waals surface area contributed by atoms with E-state index in [1.807, 2.05) is 0 Å². The summed E-state index contributed by atoms with van der Waals surface area (Å²) in [5.41, 5.74) is 0.351. The molecule has 1 N–H and O–H groups in total. The van der Waals surface area contributed by atoms with E-state index in [1.54, 1.807) is 0 Å². The topological polar surface area (TPSA) is 44.8 Å². The lowest BCUT2D eigenvalue weighted by atomic mass is 9.91. The summed E-state index contributed by atoms with van der Waals surface area (Å²) in [7, 11) is 0. The molecule has 0 aromatic rings. The summed E-state index contributed by atoms with van der Waals surface area (Å²) in [4.78, 5) is 17.2. The third-order valence-electron chi connectivity index (χ3n) is 6.20. The van der Waals surface area contributed by atoms with Gasteiger partial charge in [-0.1, -0.05) is 13.8 Å². The molecule has 2 saturated heterocycles. The van der Waals surface area contributed by atoms with Crippen molar-refractivity contribution in [2.45, 2.75) is 45.6 Å². The maximum absolute atomic E-state index is 12.7. The molecule has 132 valence electrons. The Morgan fingerprint density at radius 2 is 2.04 bits per heavy atom. The Morgan fingerprint density at radius 3 is 2.74 bits per heavy atom. The molecule has 1 spiro atoms. The minimum absolute atomic E-state index is 0.247. The van der Waals surface area contributed by atoms with Gasteiger partial charge in [0, 0.05) is 25.6 Å². The van der Waals surface area contributed by atoms with E-state index in [2.05, 4.69) is 29.0 Å². The molecule has 5 heteroatoms. The molecule has 1 saturated carbocycles. The van der Waals surface area contributed by atoms with E-state index in [0.717, 1.165) is 65.3 Å². The lowest BCUT2D eigenvalue weighted by molar-refractivity contribution is -0.133. The predicted molar refractivity (Wildman–Crippen MR) is 91.4 cm³/mol. The monoisotopic (exact) mass is 323 g/mol. The zero-order valence-corrected chi connectivity index (χ0v) is 14.9. The van der Waals surface area contributed by atoms with Gasteiger partial charge in [0.05, 0.1) is 12.7 Å². The van der Waals surface area contributed by atoms with E-state index in [0.29, 0.717) is 17.2 Å². The average Bonchev–Trinajstić information content (AvgIpc) is 3.06. The fourth-order valence-electron chi connectivity index (χ4n) is 4.35. The quantitative estimate of drug-likeness (QED) is 0.768. The van der Waals surface area contributed by atoms with Crippen molar-refractivity contribution in [1.82, 2.24) is 15.1 Å². The average molecular weight is 323 g/mol. The molecule has 3 fully saturated rings. The van der Waals surface area contributed by atoms with E-state index < -0.39 is 0 Å². The Kier molecular flexibility index (Phi) is 5.60. The van der Waals surface area contributed by atoms with E-state index in [1.165, 1.54) is 12.8 Å². The lowest BCUT2D eigenvalue weighted by Crippen LogP contribution is -2.36. The summed E-state index contributed by atoms with van der Waals surface area (Å²) in [6, 6.07) is 0. The fourth-order valence-corrected chi connectivity index (χ4v) is 4.35. The number of hydrogen-bond acceptors (Lipinski definition) is 4. The highest BCUT2D eigenvalue weighted by molar-refractivity contribution is 5.83. The molecule has 3 aliphatic rings. The van der Waals surface area contributed by atoms with Gasteiger partial charge in [0.1, 0.15) is 0 Å². The van der Waals surface area contributed by atoms with Crippen LogP contribution in [0.1, 0.15) is 39.5 Å². The summed E-state index contributed by atoms with van der Waals surface area (Å²) in [5, 5.41) is 3.41.